The molecule has 2 N–H and O–H groups in total. The number of hydrogen-bond donors (Lipinski definition) is 2. The zero-order chi connectivity index (χ0) is 30.8. The molecular weight excluding hydrogens is 570 g/mol. The SMILES string of the molecule is COC(=O)c1ccc(-n2c(C)cc([C@@H]3[C@@H](c4ccccn4)NC(=S)N3CCC(=O)Nc3cccc4ccccc34)c2C)cc1. The van der Waals surface area contributed by atoms with E-state index in [4.69, 9.17) is 17.0 Å². The molecule has 1 fully saturated rings. The number of methoxy groups -OCH3 is 1. The third kappa shape index (κ3) is 5.54. The molecule has 1 amide bonds. The molecule has 8 nitrogen and oxygen atoms in total. The molecule has 222 valence electrons. The fourth-order valence-electron chi connectivity index (χ4n) is 6.10. The monoisotopic (exact) mass is 603 g/mol. The summed E-state index contributed by atoms with van der Waals surface area (Å²) < 4.78 is 7.03. The van der Waals surface area contributed by atoms with Gasteiger partial charge in [-0.05, 0) is 85.5 Å². The lowest BCUT2D eigenvalue weighted by Crippen LogP contribution is -2.33. The average Bonchev–Trinajstić information content (AvgIpc) is 3.54. The number of nitrogens with one attached hydrogen (secondary N) is 2. The van der Waals surface area contributed by atoms with Gasteiger partial charge in [0.25, 0.3) is 0 Å². The smallest absolute Gasteiger partial charge is 0.337 e. The Morgan fingerprint density at radius 1 is 0.977 bits per heavy atom. The number of anilines is 1. The predicted molar refractivity (Wildman–Crippen MR) is 176 cm³/mol. The van der Waals surface area contributed by atoms with Crippen LogP contribution < -0.4 is 10.6 Å². The Bertz CT molecular complexity index is 1850. The second-order valence-corrected chi connectivity index (χ2v) is 11.2. The number of nitrogens with zero attached hydrogens (tertiary/aromatic N) is 3. The van der Waals surface area contributed by atoms with Gasteiger partial charge >= 0.3 is 5.97 Å². The molecule has 1 aliphatic heterocycles. The van der Waals surface area contributed by atoms with Crippen LogP contribution in [0.5, 0.6) is 0 Å². The summed E-state index contributed by atoms with van der Waals surface area (Å²) in [6, 6.07) is 28.9. The van der Waals surface area contributed by atoms with Crippen molar-refractivity contribution < 1.29 is 14.3 Å². The number of aryl methyl sites for hydroxylation is 1. The molecule has 2 atom stereocenters. The minimum Gasteiger partial charge on any atom is -0.465 e. The predicted octanol–water partition coefficient (Wildman–Crippen LogP) is 6.43. The van der Waals surface area contributed by atoms with E-state index in [9.17, 15) is 9.59 Å². The van der Waals surface area contributed by atoms with Crippen molar-refractivity contribution in [1.29, 1.82) is 0 Å². The summed E-state index contributed by atoms with van der Waals surface area (Å²) in [4.78, 5) is 32.0. The minimum atomic E-state index is -0.373. The molecule has 3 heterocycles. The van der Waals surface area contributed by atoms with E-state index in [1.807, 2.05) is 72.8 Å². The number of hydrogen-bond acceptors (Lipinski definition) is 5. The van der Waals surface area contributed by atoms with Gasteiger partial charge in [-0.2, -0.15) is 0 Å². The van der Waals surface area contributed by atoms with Gasteiger partial charge in [0.2, 0.25) is 5.91 Å². The molecule has 5 aromatic rings. The number of rotatable bonds is 8. The minimum absolute atomic E-state index is 0.0830. The molecule has 1 aliphatic rings. The second kappa shape index (κ2) is 12.3. The summed E-state index contributed by atoms with van der Waals surface area (Å²) in [5, 5.41) is 9.25. The Balaban J connectivity index is 1.30. The Morgan fingerprint density at radius 2 is 1.73 bits per heavy atom. The number of benzene rings is 3. The molecule has 3 aromatic carbocycles. The number of esters is 1. The lowest BCUT2D eigenvalue weighted by molar-refractivity contribution is -0.116. The van der Waals surface area contributed by atoms with Gasteiger partial charge in [-0.25, -0.2) is 4.79 Å². The third-order valence-corrected chi connectivity index (χ3v) is 8.53. The van der Waals surface area contributed by atoms with E-state index in [1.165, 1.54) is 7.11 Å². The molecule has 0 aliphatic carbocycles. The normalized spacial score (nSPS) is 16.2. The maximum atomic E-state index is 13.3. The number of fused-ring (bicyclic) bond motifs is 1. The van der Waals surface area contributed by atoms with Gasteiger partial charge < -0.3 is 24.8 Å². The first-order valence-electron chi connectivity index (χ1n) is 14.5. The summed E-state index contributed by atoms with van der Waals surface area (Å²) in [5.74, 6) is -0.456. The number of amides is 1. The fraction of sp³-hybridized carbons (Fsp3) is 0.200. The Morgan fingerprint density at radius 3 is 2.48 bits per heavy atom. The summed E-state index contributed by atoms with van der Waals surface area (Å²) in [7, 11) is 1.37. The van der Waals surface area contributed by atoms with Crippen LogP contribution in [0.25, 0.3) is 16.5 Å². The number of carbonyl (C=O) groups excluding carboxylic acids is 2. The van der Waals surface area contributed by atoms with Gasteiger partial charge in [0.15, 0.2) is 5.11 Å². The van der Waals surface area contributed by atoms with Crippen molar-refractivity contribution in [3.8, 4) is 5.69 Å². The molecule has 1 saturated heterocycles. The maximum absolute atomic E-state index is 13.3. The van der Waals surface area contributed by atoms with Crippen molar-refractivity contribution >= 4 is 45.7 Å². The van der Waals surface area contributed by atoms with Crippen LogP contribution in [0, 0.1) is 13.8 Å². The van der Waals surface area contributed by atoms with Gasteiger partial charge in [-0.15, -0.1) is 0 Å². The number of thiocarbonyl (C=S) groups is 1. The van der Waals surface area contributed by atoms with Gasteiger partial charge in [0.1, 0.15) is 0 Å². The first-order chi connectivity index (χ1) is 21.4. The zero-order valence-corrected chi connectivity index (χ0v) is 25.6. The first kappa shape index (κ1) is 29.1. The largest absolute Gasteiger partial charge is 0.465 e. The lowest BCUT2D eigenvalue weighted by Gasteiger charge is -2.28. The van der Waals surface area contributed by atoms with Crippen LogP contribution in [-0.2, 0) is 9.53 Å². The third-order valence-electron chi connectivity index (χ3n) is 8.18. The van der Waals surface area contributed by atoms with Crippen molar-refractivity contribution in [1.82, 2.24) is 19.8 Å². The van der Waals surface area contributed by atoms with Crippen LogP contribution >= 0.6 is 12.2 Å². The maximum Gasteiger partial charge on any atom is 0.337 e. The van der Waals surface area contributed by atoms with E-state index in [0.29, 0.717) is 17.2 Å². The van der Waals surface area contributed by atoms with Crippen molar-refractivity contribution in [3.63, 3.8) is 0 Å². The molecule has 0 radical (unpaired) electrons. The highest BCUT2D eigenvalue weighted by atomic mass is 32.1. The van der Waals surface area contributed by atoms with Crippen LogP contribution in [-0.4, -0.2) is 45.1 Å². The summed E-state index contributed by atoms with van der Waals surface area (Å²) in [6.45, 7) is 4.57. The van der Waals surface area contributed by atoms with E-state index in [-0.39, 0.29) is 30.4 Å². The van der Waals surface area contributed by atoms with E-state index < -0.39 is 0 Å². The highest BCUT2D eigenvalue weighted by molar-refractivity contribution is 7.80. The van der Waals surface area contributed by atoms with E-state index in [0.717, 1.165) is 44.8 Å². The van der Waals surface area contributed by atoms with Crippen LogP contribution in [0.3, 0.4) is 0 Å². The Kier molecular flexibility index (Phi) is 8.13. The standard InChI is InChI=1S/C35H33N5O3S/c1-22-21-28(23(2)40(22)26-16-14-25(15-17-26)34(42)43-3)33-32(30-12-6-7-19-36-30)38-35(44)39(33)20-18-31(41)37-29-13-8-10-24-9-4-5-11-27(24)29/h4-17,19,21,32-33H,18,20H2,1-3H3,(H,37,41)(H,38,44)/t32-,33-/m1/s1. The molecule has 6 rings (SSSR count). The molecule has 0 spiro atoms. The van der Waals surface area contributed by atoms with Crippen LogP contribution in [0.2, 0.25) is 0 Å². The quantitative estimate of drug-likeness (QED) is 0.156. The highest BCUT2D eigenvalue weighted by Crippen LogP contribution is 2.41. The average molecular weight is 604 g/mol. The molecule has 9 heteroatoms. The number of carbonyl (C=O) groups is 2. The number of ether oxygens (including phenoxy) is 1. The highest BCUT2D eigenvalue weighted by Gasteiger charge is 2.41. The molecule has 0 saturated carbocycles. The topological polar surface area (TPSA) is 88.5 Å². The van der Waals surface area contributed by atoms with E-state index >= 15 is 0 Å². The first-order valence-corrected chi connectivity index (χ1v) is 14.9. The Hall–Kier alpha value is -5.02. The van der Waals surface area contributed by atoms with Gasteiger partial charge in [0.05, 0.1) is 30.5 Å². The van der Waals surface area contributed by atoms with Crippen LogP contribution in [0.15, 0.2) is 97.2 Å². The van der Waals surface area contributed by atoms with Gasteiger partial charge in [-0.3, -0.25) is 9.78 Å². The van der Waals surface area contributed by atoms with E-state index in [2.05, 4.69) is 45.0 Å². The zero-order valence-electron chi connectivity index (χ0n) is 24.8. The molecular formula is C35H33N5O3S. The van der Waals surface area contributed by atoms with Gasteiger partial charge in [0, 0.05) is 47.3 Å². The van der Waals surface area contributed by atoms with Gasteiger partial charge in [-0.1, -0.05) is 42.5 Å². The number of pyridine rings is 1. The summed E-state index contributed by atoms with van der Waals surface area (Å²) in [5.41, 5.74) is 6.24. The fourth-order valence-corrected chi connectivity index (χ4v) is 6.43. The number of aromatic nitrogens is 2. The summed E-state index contributed by atoms with van der Waals surface area (Å²) in [6.07, 6.45) is 2.04. The molecule has 0 unspecified atom stereocenters. The van der Waals surface area contributed by atoms with Crippen molar-refractivity contribution in [3.05, 3.63) is 125 Å². The summed E-state index contributed by atoms with van der Waals surface area (Å²) >= 11 is 5.87. The second-order valence-electron chi connectivity index (χ2n) is 10.8. The van der Waals surface area contributed by atoms with Crippen LogP contribution in [0.1, 0.15) is 51.5 Å². The lowest BCUT2D eigenvalue weighted by atomic mass is 9.96. The van der Waals surface area contributed by atoms with Crippen molar-refractivity contribution in [2.45, 2.75) is 32.4 Å². The molecule has 0 bridgehead atoms. The van der Waals surface area contributed by atoms with E-state index in [1.54, 1.807) is 18.3 Å². The molecule has 44 heavy (non-hydrogen) atoms. The van der Waals surface area contributed by atoms with Crippen LogP contribution in [0.4, 0.5) is 5.69 Å². The van der Waals surface area contributed by atoms with Crippen molar-refractivity contribution in [2.24, 2.45) is 0 Å². The Labute approximate surface area is 261 Å². The molecule has 2 aromatic heterocycles. The van der Waals surface area contributed by atoms with Crippen molar-refractivity contribution in [2.75, 3.05) is 19.0 Å².